The third-order valence-corrected chi connectivity index (χ3v) is 5.98. The number of anilines is 2. The van der Waals surface area contributed by atoms with Crippen LogP contribution < -0.4 is 14.5 Å². The van der Waals surface area contributed by atoms with Crippen LogP contribution in [0.3, 0.4) is 0 Å². The molecule has 6 nitrogen and oxygen atoms in total. The van der Waals surface area contributed by atoms with Gasteiger partial charge in [0.25, 0.3) is 5.91 Å². The summed E-state index contributed by atoms with van der Waals surface area (Å²) < 4.78 is 5.10. The number of methoxy groups -OCH3 is 1. The summed E-state index contributed by atoms with van der Waals surface area (Å²) in [6.07, 6.45) is 2.12. The fourth-order valence-corrected chi connectivity index (χ4v) is 4.41. The largest absolute Gasteiger partial charge is 0.481 e. The highest BCUT2D eigenvalue weighted by Gasteiger charge is 2.38. The van der Waals surface area contributed by atoms with E-state index in [1.165, 1.54) is 13.3 Å². The number of hydrogen-bond acceptors (Lipinski definition) is 4. The van der Waals surface area contributed by atoms with Crippen LogP contribution in [0.4, 0.5) is 11.4 Å². The normalized spacial score (nSPS) is 17.4. The predicted octanol–water partition coefficient (Wildman–Crippen LogP) is 5.28. The lowest BCUT2D eigenvalue weighted by Gasteiger charge is -2.43. The first kappa shape index (κ1) is 21.8. The van der Waals surface area contributed by atoms with Crippen molar-refractivity contribution in [3.05, 3.63) is 83.0 Å². The Morgan fingerprint density at radius 1 is 1.09 bits per heavy atom. The average molecular weight is 450 g/mol. The van der Waals surface area contributed by atoms with E-state index < -0.39 is 0 Å². The molecule has 0 fully saturated rings. The molecule has 0 radical (unpaired) electrons. The summed E-state index contributed by atoms with van der Waals surface area (Å²) in [5.74, 6) is 0.242. The minimum Gasteiger partial charge on any atom is -0.481 e. The number of rotatable bonds is 4. The summed E-state index contributed by atoms with van der Waals surface area (Å²) in [7, 11) is 1.54. The SMILES string of the molecule is COc1ccc(C(=O)N2c3ccccc3C(N(C(C)=O)c3ccc(Cl)cc3)CC2C)cn1. The highest BCUT2D eigenvalue weighted by Crippen LogP contribution is 2.42. The second-order valence-corrected chi connectivity index (χ2v) is 8.23. The standard InChI is InChI=1S/C25H24ClN3O3/c1-16-14-23(29(17(2)30)20-11-9-19(26)10-12-20)21-6-4-5-7-22(21)28(16)25(31)18-8-13-24(32-3)27-15-18/h4-13,15-16,23H,14H2,1-3H3. The van der Waals surface area contributed by atoms with Crippen molar-refractivity contribution < 1.29 is 14.3 Å². The van der Waals surface area contributed by atoms with Crippen molar-refractivity contribution in [1.29, 1.82) is 0 Å². The molecule has 0 aliphatic carbocycles. The number of fused-ring (bicyclic) bond motifs is 1. The molecule has 1 aromatic heterocycles. The van der Waals surface area contributed by atoms with Crippen LogP contribution in [0.1, 0.15) is 42.2 Å². The minimum absolute atomic E-state index is 0.0709. The van der Waals surface area contributed by atoms with Crippen molar-refractivity contribution in [3.63, 3.8) is 0 Å². The molecule has 2 heterocycles. The summed E-state index contributed by atoms with van der Waals surface area (Å²) in [4.78, 5) is 33.9. The Bertz CT molecular complexity index is 1130. The van der Waals surface area contributed by atoms with E-state index in [1.807, 2.05) is 43.3 Å². The van der Waals surface area contributed by atoms with Crippen LogP contribution in [0.15, 0.2) is 66.9 Å². The van der Waals surface area contributed by atoms with Gasteiger partial charge < -0.3 is 14.5 Å². The molecule has 3 aromatic rings. The number of para-hydroxylation sites is 1. The molecule has 32 heavy (non-hydrogen) atoms. The van der Waals surface area contributed by atoms with Crippen molar-refractivity contribution in [1.82, 2.24) is 4.98 Å². The lowest BCUT2D eigenvalue weighted by molar-refractivity contribution is -0.117. The van der Waals surface area contributed by atoms with E-state index in [1.54, 1.807) is 41.0 Å². The minimum atomic E-state index is -0.210. The van der Waals surface area contributed by atoms with Crippen LogP contribution in [0, 0.1) is 0 Å². The second kappa shape index (κ2) is 9.01. The Morgan fingerprint density at radius 3 is 2.44 bits per heavy atom. The lowest BCUT2D eigenvalue weighted by Crippen LogP contribution is -2.47. The van der Waals surface area contributed by atoms with Gasteiger partial charge in [-0.1, -0.05) is 29.8 Å². The van der Waals surface area contributed by atoms with Gasteiger partial charge in [-0.2, -0.15) is 0 Å². The first-order valence-corrected chi connectivity index (χ1v) is 10.8. The van der Waals surface area contributed by atoms with E-state index in [2.05, 4.69) is 4.98 Å². The Hall–Kier alpha value is -3.38. The first-order valence-electron chi connectivity index (χ1n) is 10.4. The van der Waals surface area contributed by atoms with Gasteiger partial charge in [0.05, 0.1) is 18.7 Å². The molecule has 164 valence electrons. The smallest absolute Gasteiger partial charge is 0.260 e. The second-order valence-electron chi connectivity index (χ2n) is 7.79. The maximum Gasteiger partial charge on any atom is 0.260 e. The zero-order valence-corrected chi connectivity index (χ0v) is 18.9. The summed E-state index contributed by atoms with van der Waals surface area (Å²) in [6, 6.07) is 18.0. The molecule has 0 bridgehead atoms. The number of halogens is 1. The zero-order chi connectivity index (χ0) is 22.8. The summed E-state index contributed by atoms with van der Waals surface area (Å²) in [5.41, 5.74) is 2.96. The third-order valence-electron chi connectivity index (χ3n) is 5.73. The van der Waals surface area contributed by atoms with Crippen LogP contribution in [-0.4, -0.2) is 29.9 Å². The summed E-state index contributed by atoms with van der Waals surface area (Å²) in [6.45, 7) is 3.56. The quantitative estimate of drug-likeness (QED) is 0.543. The number of benzene rings is 2. The van der Waals surface area contributed by atoms with E-state index in [4.69, 9.17) is 16.3 Å². The van der Waals surface area contributed by atoms with Crippen LogP contribution in [-0.2, 0) is 4.79 Å². The Morgan fingerprint density at radius 2 is 1.81 bits per heavy atom. The van der Waals surface area contributed by atoms with Gasteiger partial charge >= 0.3 is 0 Å². The van der Waals surface area contributed by atoms with Gasteiger partial charge in [-0.15, -0.1) is 0 Å². The molecule has 1 aliphatic heterocycles. The van der Waals surface area contributed by atoms with E-state index >= 15 is 0 Å². The van der Waals surface area contributed by atoms with Crippen molar-refractivity contribution in [2.24, 2.45) is 0 Å². The number of carbonyl (C=O) groups excluding carboxylic acids is 2. The zero-order valence-electron chi connectivity index (χ0n) is 18.2. The van der Waals surface area contributed by atoms with E-state index in [9.17, 15) is 9.59 Å². The van der Waals surface area contributed by atoms with Gasteiger partial charge in [0.1, 0.15) is 0 Å². The van der Waals surface area contributed by atoms with Gasteiger partial charge in [0, 0.05) is 41.6 Å². The predicted molar refractivity (Wildman–Crippen MR) is 125 cm³/mol. The average Bonchev–Trinajstić information content (AvgIpc) is 2.80. The van der Waals surface area contributed by atoms with Gasteiger partial charge in [-0.25, -0.2) is 4.98 Å². The molecule has 2 aromatic carbocycles. The van der Waals surface area contributed by atoms with Crippen molar-refractivity contribution in [2.75, 3.05) is 16.9 Å². The number of hydrogen-bond donors (Lipinski definition) is 0. The first-order chi connectivity index (χ1) is 15.4. The van der Waals surface area contributed by atoms with Crippen LogP contribution >= 0.6 is 11.6 Å². The van der Waals surface area contributed by atoms with Crippen molar-refractivity contribution >= 4 is 34.8 Å². The lowest BCUT2D eigenvalue weighted by atomic mass is 9.89. The van der Waals surface area contributed by atoms with E-state index in [0.717, 1.165) is 16.9 Å². The van der Waals surface area contributed by atoms with Gasteiger partial charge in [0.15, 0.2) is 0 Å². The third kappa shape index (κ3) is 4.06. The Kier molecular flexibility index (Phi) is 6.15. The number of ether oxygens (including phenoxy) is 1. The molecular weight excluding hydrogens is 426 g/mol. The van der Waals surface area contributed by atoms with Crippen LogP contribution in [0.25, 0.3) is 0 Å². The van der Waals surface area contributed by atoms with Crippen LogP contribution in [0.5, 0.6) is 5.88 Å². The van der Waals surface area contributed by atoms with Crippen LogP contribution in [0.2, 0.25) is 5.02 Å². The fraction of sp³-hybridized carbons (Fsp3) is 0.240. The molecule has 2 atom stereocenters. The van der Waals surface area contributed by atoms with Gasteiger partial charge in [0.2, 0.25) is 11.8 Å². The molecular formula is C25H24ClN3O3. The Labute approximate surface area is 192 Å². The maximum atomic E-state index is 13.4. The number of nitrogens with zero attached hydrogens (tertiary/aromatic N) is 3. The monoisotopic (exact) mass is 449 g/mol. The number of carbonyl (C=O) groups is 2. The molecule has 0 spiro atoms. The van der Waals surface area contributed by atoms with E-state index in [-0.39, 0.29) is 23.9 Å². The Balaban J connectivity index is 1.75. The number of amides is 2. The molecule has 4 rings (SSSR count). The molecule has 0 saturated carbocycles. The van der Waals surface area contributed by atoms with Gasteiger partial charge in [-0.05, 0) is 55.3 Å². The molecule has 2 amide bonds. The van der Waals surface area contributed by atoms with E-state index in [0.29, 0.717) is 22.9 Å². The van der Waals surface area contributed by atoms with Crippen molar-refractivity contribution in [2.45, 2.75) is 32.4 Å². The number of pyridine rings is 1. The molecule has 0 N–H and O–H groups in total. The molecule has 7 heteroatoms. The highest BCUT2D eigenvalue weighted by molar-refractivity contribution is 6.30. The van der Waals surface area contributed by atoms with Gasteiger partial charge in [-0.3, -0.25) is 9.59 Å². The summed E-state index contributed by atoms with van der Waals surface area (Å²) in [5, 5.41) is 0.611. The molecule has 1 aliphatic rings. The topological polar surface area (TPSA) is 62.7 Å². The summed E-state index contributed by atoms with van der Waals surface area (Å²) >= 11 is 6.06. The molecule has 0 saturated heterocycles. The fourth-order valence-electron chi connectivity index (χ4n) is 4.29. The maximum absolute atomic E-state index is 13.4. The highest BCUT2D eigenvalue weighted by atomic mass is 35.5. The molecule has 2 unspecified atom stereocenters. The number of aromatic nitrogens is 1. The van der Waals surface area contributed by atoms with Crippen molar-refractivity contribution in [3.8, 4) is 5.88 Å².